The first-order valence-electron chi connectivity index (χ1n) is 9.25. The van der Waals surface area contributed by atoms with Gasteiger partial charge in [0, 0.05) is 25.3 Å². The van der Waals surface area contributed by atoms with Crippen LogP contribution in [-0.4, -0.2) is 44.5 Å². The van der Waals surface area contributed by atoms with E-state index in [0.717, 1.165) is 37.8 Å². The lowest BCUT2D eigenvalue weighted by Crippen LogP contribution is -2.44. The minimum Gasteiger partial charge on any atom is -0.312 e. The Morgan fingerprint density at radius 3 is 2.60 bits per heavy atom. The molecule has 2 aliphatic heterocycles. The summed E-state index contributed by atoms with van der Waals surface area (Å²) in [6, 6.07) is 8.07. The van der Waals surface area contributed by atoms with Gasteiger partial charge in [0.2, 0.25) is 15.9 Å². The number of para-hydroxylation sites is 1. The maximum atomic E-state index is 13.5. The van der Waals surface area contributed by atoms with Crippen LogP contribution < -0.4 is 4.90 Å². The quantitative estimate of drug-likeness (QED) is 0.812. The van der Waals surface area contributed by atoms with Crippen molar-refractivity contribution in [3.8, 4) is 0 Å². The summed E-state index contributed by atoms with van der Waals surface area (Å²) in [5, 5.41) is 0. The lowest BCUT2D eigenvalue weighted by molar-refractivity contribution is -0.125. The Hall–Kier alpha value is -1.40. The minimum absolute atomic E-state index is 0.123. The second-order valence-electron chi connectivity index (χ2n) is 7.90. The van der Waals surface area contributed by atoms with E-state index < -0.39 is 10.0 Å². The molecule has 1 atom stereocenters. The zero-order valence-electron chi connectivity index (χ0n) is 14.8. The van der Waals surface area contributed by atoms with Crippen LogP contribution in [-0.2, 0) is 21.2 Å². The number of anilines is 1. The Morgan fingerprint density at radius 1 is 1.16 bits per heavy atom. The van der Waals surface area contributed by atoms with Crippen molar-refractivity contribution in [3.05, 3.63) is 29.8 Å². The standard InChI is InChI=1S/C19H26N2O3S/c1-25(23,24)20-13-16(19(14-20)10-5-2-6-11-19)18(22)21-12-9-15-7-3-4-8-17(15)21/h3-4,7-8,16H,2,5-6,9-14H2,1H3. The van der Waals surface area contributed by atoms with E-state index >= 15 is 0 Å². The first-order chi connectivity index (χ1) is 11.9. The number of sulfonamides is 1. The highest BCUT2D eigenvalue weighted by Crippen LogP contribution is 2.49. The molecule has 1 aromatic rings. The van der Waals surface area contributed by atoms with E-state index in [1.807, 2.05) is 23.1 Å². The number of amides is 1. The lowest BCUT2D eigenvalue weighted by atomic mass is 9.67. The summed E-state index contributed by atoms with van der Waals surface area (Å²) in [5.41, 5.74) is 2.05. The molecule has 4 rings (SSSR count). The molecule has 1 spiro atoms. The van der Waals surface area contributed by atoms with Gasteiger partial charge in [0.05, 0.1) is 12.2 Å². The Morgan fingerprint density at radius 2 is 1.88 bits per heavy atom. The van der Waals surface area contributed by atoms with Gasteiger partial charge in [-0.1, -0.05) is 37.5 Å². The van der Waals surface area contributed by atoms with E-state index in [0.29, 0.717) is 19.6 Å². The average molecular weight is 362 g/mol. The van der Waals surface area contributed by atoms with Crippen molar-refractivity contribution in [3.63, 3.8) is 0 Å². The van der Waals surface area contributed by atoms with E-state index in [4.69, 9.17) is 0 Å². The van der Waals surface area contributed by atoms with Gasteiger partial charge in [-0.15, -0.1) is 0 Å². The van der Waals surface area contributed by atoms with E-state index in [2.05, 4.69) is 6.07 Å². The van der Waals surface area contributed by atoms with Crippen molar-refractivity contribution in [2.45, 2.75) is 38.5 Å². The van der Waals surface area contributed by atoms with Gasteiger partial charge in [0.15, 0.2) is 0 Å². The molecule has 0 N–H and O–H groups in total. The fraction of sp³-hybridized carbons (Fsp3) is 0.632. The molecule has 3 aliphatic rings. The van der Waals surface area contributed by atoms with Crippen LogP contribution in [0, 0.1) is 11.3 Å². The molecule has 0 radical (unpaired) electrons. The highest BCUT2D eigenvalue weighted by molar-refractivity contribution is 7.88. The normalized spacial score (nSPS) is 26.1. The van der Waals surface area contributed by atoms with Crippen LogP contribution in [0.3, 0.4) is 0 Å². The molecule has 0 bridgehead atoms. The number of carbonyl (C=O) groups excluding carboxylic acids is 1. The minimum atomic E-state index is -3.27. The number of rotatable bonds is 2. The third kappa shape index (κ3) is 2.89. The topological polar surface area (TPSA) is 57.7 Å². The van der Waals surface area contributed by atoms with Crippen LogP contribution in [0.25, 0.3) is 0 Å². The number of nitrogens with zero attached hydrogens (tertiary/aromatic N) is 2. The molecule has 1 aromatic carbocycles. The highest BCUT2D eigenvalue weighted by Gasteiger charge is 2.53. The fourth-order valence-corrected chi connectivity index (χ4v) is 5.95. The van der Waals surface area contributed by atoms with Crippen molar-refractivity contribution in [1.29, 1.82) is 0 Å². The van der Waals surface area contributed by atoms with Gasteiger partial charge in [-0.25, -0.2) is 12.7 Å². The van der Waals surface area contributed by atoms with Gasteiger partial charge < -0.3 is 4.90 Å². The third-order valence-corrected chi connectivity index (χ3v) is 7.60. The molecule has 2 fully saturated rings. The summed E-state index contributed by atoms with van der Waals surface area (Å²) in [6.07, 6.45) is 7.46. The average Bonchev–Trinajstić information content (AvgIpc) is 3.17. The molecule has 1 unspecified atom stereocenters. The molecule has 1 aliphatic carbocycles. The molecule has 5 nitrogen and oxygen atoms in total. The predicted octanol–water partition coefficient (Wildman–Crippen LogP) is 2.42. The summed E-state index contributed by atoms with van der Waals surface area (Å²) >= 11 is 0. The lowest BCUT2D eigenvalue weighted by Gasteiger charge is -2.38. The Labute approximate surface area is 150 Å². The van der Waals surface area contributed by atoms with E-state index in [-0.39, 0.29) is 17.2 Å². The molecule has 1 saturated carbocycles. The summed E-state index contributed by atoms with van der Waals surface area (Å²) in [5.74, 6) is -0.0910. The predicted molar refractivity (Wildman–Crippen MR) is 97.9 cm³/mol. The Bertz CT molecular complexity index is 784. The van der Waals surface area contributed by atoms with Crippen molar-refractivity contribution >= 4 is 21.6 Å². The molecular weight excluding hydrogens is 336 g/mol. The van der Waals surface area contributed by atoms with Gasteiger partial charge in [0.1, 0.15) is 0 Å². The van der Waals surface area contributed by atoms with E-state index in [1.165, 1.54) is 18.2 Å². The second kappa shape index (κ2) is 6.09. The van der Waals surface area contributed by atoms with Crippen molar-refractivity contribution in [2.24, 2.45) is 11.3 Å². The fourth-order valence-electron chi connectivity index (χ4n) is 5.03. The number of hydrogen-bond donors (Lipinski definition) is 0. The Balaban J connectivity index is 1.66. The van der Waals surface area contributed by atoms with Gasteiger partial charge in [-0.2, -0.15) is 0 Å². The van der Waals surface area contributed by atoms with Crippen molar-refractivity contribution in [1.82, 2.24) is 4.31 Å². The third-order valence-electron chi connectivity index (χ3n) is 6.39. The maximum Gasteiger partial charge on any atom is 0.232 e. The molecule has 1 amide bonds. The van der Waals surface area contributed by atoms with Crippen LogP contribution in [0.1, 0.15) is 37.7 Å². The molecule has 2 heterocycles. The van der Waals surface area contributed by atoms with Gasteiger partial charge in [-0.05, 0) is 36.3 Å². The number of fused-ring (bicyclic) bond motifs is 1. The Kier molecular flexibility index (Phi) is 4.15. The SMILES string of the molecule is CS(=O)(=O)N1CC(C(=O)N2CCc3ccccc32)C2(CCCCC2)C1. The van der Waals surface area contributed by atoms with Crippen molar-refractivity contribution < 1.29 is 13.2 Å². The highest BCUT2D eigenvalue weighted by atomic mass is 32.2. The van der Waals surface area contributed by atoms with Crippen LogP contribution in [0.15, 0.2) is 24.3 Å². The summed E-state index contributed by atoms with van der Waals surface area (Å²) in [4.78, 5) is 15.4. The van der Waals surface area contributed by atoms with E-state index in [1.54, 1.807) is 4.31 Å². The number of carbonyl (C=O) groups is 1. The van der Waals surface area contributed by atoms with E-state index in [9.17, 15) is 13.2 Å². The van der Waals surface area contributed by atoms with Crippen LogP contribution in [0.2, 0.25) is 0 Å². The van der Waals surface area contributed by atoms with Crippen LogP contribution in [0.4, 0.5) is 5.69 Å². The molecule has 6 heteroatoms. The summed E-state index contributed by atoms with van der Waals surface area (Å²) in [7, 11) is -3.27. The van der Waals surface area contributed by atoms with Crippen LogP contribution in [0.5, 0.6) is 0 Å². The molecule has 25 heavy (non-hydrogen) atoms. The molecular formula is C19H26N2O3S. The first-order valence-corrected chi connectivity index (χ1v) is 11.1. The van der Waals surface area contributed by atoms with Gasteiger partial charge >= 0.3 is 0 Å². The molecule has 136 valence electrons. The zero-order chi connectivity index (χ0) is 17.7. The zero-order valence-corrected chi connectivity index (χ0v) is 15.6. The van der Waals surface area contributed by atoms with Gasteiger partial charge in [0.25, 0.3) is 0 Å². The van der Waals surface area contributed by atoms with Crippen LogP contribution >= 0.6 is 0 Å². The number of hydrogen-bond acceptors (Lipinski definition) is 3. The van der Waals surface area contributed by atoms with Gasteiger partial charge in [-0.3, -0.25) is 4.79 Å². The molecule has 0 aromatic heterocycles. The first kappa shape index (κ1) is 17.0. The largest absolute Gasteiger partial charge is 0.312 e. The molecule has 1 saturated heterocycles. The monoisotopic (exact) mass is 362 g/mol. The van der Waals surface area contributed by atoms with Crippen molar-refractivity contribution in [2.75, 3.05) is 30.8 Å². The maximum absolute atomic E-state index is 13.5. The number of benzene rings is 1. The smallest absolute Gasteiger partial charge is 0.232 e. The summed E-state index contributed by atoms with van der Waals surface area (Å²) < 4.78 is 25.8. The second-order valence-corrected chi connectivity index (χ2v) is 9.88. The summed E-state index contributed by atoms with van der Waals surface area (Å²) in [6.45, 7) is 1.57.